The number of amides is 1. The summed E-state index contributed by atoms with van der Waals surface area (Å²) >= 11 is 0. The average Bonchev–Trinajstić information content (AvgIpc) is 1.81. The summed E-state index contributed by atoms with van der Waals surface area (Å²) in [4.78, 5) is 10.1. The van der Waals surface area contributed by atoms with Crippen molar-refractivity contribution in [2.45, 2.75) is 0 Å². The zero-order valence-electron chi connectivity index (χ0n) is 5.82. The zero-order valence-corrected chi connectivity index (χ0v) is 6.63. The van der Waals surface area contributed by atoms with Crippen molar-refractivity contribution in [1.82, 2.24) is 0 Å². The van der Waals surface area contributed by atoms with Crippen LogP contribution < -0.4 is 11.5 Å². The van der Waals surface area contributed by atoms with Crippen LogP contribution in [0.5, 0.6) is 0 Å². The summed E-state index contributed by atoms with van der Waals surface area (Å²) in [6.45, 7) is -0.0480. The van der Waals surface area contributed by atoms with Gasteiger partial charge >= 0.3 is 0 Å². The van der Waals surface area contributed by atoms with E-state index < -0.39 is 21.8 Å². The van der Waals surface area contributed by atoms with E-state index in [0.29, 0.717) is 0 Å². The fraction of sp³-hybridized carbons (Fsp3) is 0.750. The first-order valence-corrected chi connectivity index (χ1v) is 4.41. The average molecular weight is 182 g/mol. The molecule has 0 heterocycles. The largest absolute Gasteiger partial charge is 0.369 e. The summed E-state index contributed by atoms with van der Waals surface area (Å²) in [7, 11) is -3.80. The molecule has 0 spiro atoms. The molecule has 0 unspecified atom stereocenters. The Morgan fingerprint density at radius 1 is 1.45 bits per heavy atom. The molecular formula is C4H10N2O4S. The number of carbonyl (C=O) groups is 1. The molecule has 7 heteroatoms. The van der Waals surface area contributed by atoms with Crippen LogP contribution in [-0.4, -0.2) is 33.2 Å². The van der Waals surface area contributed by atoms with Crippen LogP contribution in [-0.2, 0) is 19.1 Å². The molecule has 0 aromatic carbocycles. The van der Waals surface area contributed by atoms with Gasteiger partial charge in [-0.15, -0.1) is 0 Å². The highest BCUT2D eigenvalue weighted by atomic mass is 32.2. The predicted octanol–water partition coefficient (Wildman–Crippen LogP) is -2.22. The Morgan fingerprint density at radius 3 is 2.36 bits per heavy atom. The third kappa shape index (κ3) is 5.77. The Balaban J connectivity index is 3.92. The molecule has 0 aliphatic carbocycles. The molecule has 0 aliphatic heterocycles. The Bertz CT molecular complexity index is 222. The second-order valence-electron chi connectivity index (χ2n) is 1.78. The van der Waals surface area contributed by atoms with Crippen LogP contribution in [0.25, 0.3) is 0 Å². The number of nitrogens with two attached hydrogens (primary N) is 2. The van der Waals surface area contributed by atoms with Gasteiger partial charge in [-0.2, -0.15) is 8.42 Å². The Labute approximate surface area is 64.6 Å². The van der Waals surface area contributed by atoms with Crippen LogP contribution in [0.1, 0.15) is 0 Å². The van der Waals surface area contributed by atoms with E-state index in [1.807, 2.05) is 0 Å². The van der Waals surface area contributed by atoms with E-state index in [4.69, 9.17) is 5.73 Å². The molecule has 0 saturated heterocycles. The molecule has 0 atom stereocenters. The van der Waals surface area contributed by atoms with Crippen LogP contribution in [0.2, 0.25) is 0 Å². The molecule has 0 aromatic heterocycles. The van der Waals surface area contributed by atoms with Crippen LogP contribution in [0.4, 0.5) is 0 Å². The van der Waals surface area contributed by atoms with Crippen molar-refractivity contribution in [3.63, 3.8) is 0 Å². The Hall–Kier alpha value is -0.660. The van der Waals surface area contributed by atoms with Crippen molar-refractivity contribution >= 4 is 16.0 Å². The first kappa shape index (κ1) is 10.3. The van der Waals surface area contributed by atoms with Gasteiger partial charge in [-0.25, -0.2) is 0 Å². The predicted molar refractivity (Wildman–Crippen MR) is 38.0 cm³/mol. The minimum absolute atomic E-state index is 0.0813. The summed E-state index contributed by atoms with van der Waals surface area (Å²) in [5.41, 5.74) is 9.58. The van der Waals surface area contributed by atoms with E-state index in [0.717, 1.165) is 0 Å². The monoisotopic (exact) mass is 182 g/mol. The first-order valence-electron chi connectivity index (χ1n) is 2.83. The summed E-state index contributed by atoms with van der Waals surface area (Å²) in [6, 6.07) is 0. The standard InChI is InChI=1S/C4H10N2O4S/c5-1-2-10-11(8,9)3-4(6)7/h1-3,5H2,(H2,6,7). The maximum atomic E-state index is 10.6. The van der Waals surface area contributed by atoms with Gasteiger partial charge < -0.3 is 11.5 Å². The molecule has 4 N–H and O–H groups in total. The summed E-state index contributed by atoms with van der Waals surface area (Å²) in [6.07, 6.45) is 0. The van der Waals surface area contributed by atoms with Gasteiger partial charge in [0.25, 0.3) is 10.1 Å². The Morgan fingerprint density at radius 2 is 2.00 bits per heavy atom. The molecule has 11 heavy (non-hydrogen) atoms. The minimum Gasteiger partial charge on any atom is -0.369 e. The van der Waals surface area contributed by atoms with E-state index in [1.165, 1.54) is 0 Å². The maximum Gasteiger partial charge on any atom is 0.276 e. The smallest absolute Gasteiger partial charge is 0.276 e. The van der Waals surface area contributed by atoms with Gasteiger partial charge in [-0.1, -0.05) is 0 Å². The number of primary amides is 1. The van der Waals surface area contributed by atoms with Crippen LogP contribution >= 0.6 is 0 Å². The van der Waals surface area contributed by atoms with E-state index in [2.05, 4.69) is 9.92 Å². The number of rotatable bonds is 5. The normalized spacial score (nSPS) is 11.4. The molecule has 0 saturated carbocycles. The van der Waals surface area contributed by atoms with E-state index in [1.54, 1.807) is 0 Å². The first-order chi connectivity index (χ1) is 4.98. The van der Waals surface area contributed by atoms with Crippen molar-refractivity contribution in [3.8, 4) is 0 Å². The maximum absolute atomic E-state index is 10.6. The molecule has 0 aliphatic rings. The summed E-state index contributed by atoms with van der Waals surface area (Å²) in [5.74, 6) is -1.74. The zero-order chi connectivity index (χ0) is 8.91. The second kappa shape index (κ2) is 4.27. The molecule has 0 fully saturated rings. The highest BCUT2D eigenvalue weighted by molar-refractivity contribution is 7.87. The van der Waals surface area contributed by atoms with Gasteiger partial charge in [0.15, 0.2) is 5.75 Å². The molecule has 0 rings (SSSR count). The van der Waals surface area contributed by atoms with Gasteiger partial charge in [0, 0.05) is 6.54 Å². The lowest BCUT2D eigenvalue weighted by Crippen LogP contribution is -2.26. The van der Waals surface area contributed by atoms with Gasteiger partial charge in [-0.3, -0.25) is 8.98 Å². The number of hydrogen-bond donors (Lipinski definition) is 2. The SMILES string of the molecule is NCCOS(=O)(=O)CC(N)=O. The van der Waals surface area contributed by atoms with Crippen molar-refractivity contribution < 1.29 is 17.4 Å². The number of carbonyl (C=O) groups excluding carboxylic acids is 1. The highest BCUT2D eigenvalue weighted by Crippen LogP contribution is 1.90. The van der Waals surface area contributed by atoms with Gasteiger partial charge in [0.2, 0.25) is 5.91 Å². The van der Waals surface area contributed by atoms with Crippen molar-refractivity contribution in [1.29, 1.82) is 0 Å². The second-order valence-corrected chi connectivity index (χ2v) is 3.42. The molecule has 6 nitrogen and oxygen atoms in total. The van der Waals surface area contributed by atoms with E-state index >= 15 is 0 Å². The van der Waals surface area contributed by atoms with Crippen molar-refractivity contribution in [2.24, 2.45) is 11.5 Å². The third-order valence-corrected chi connectivity index (χ3v) is 1.86. The quantitative estimate of drug-likeness (QED) is 0.467. The van der Waals surface area contributed by atoms with E-state index in [9.17, 15) is 13.2 Å². The van der Waals surface area contributed by atoms with Crippen LogP contribution in [0.3, 0.4) is 0 Å². The molecule has 1 amide bonds. The molecular weight excluding hydrogens is 172 g/mol. The third-order valence-electron chi connectivity index (χ3n) is 0.700. The lowest BCUT2D eigenvalue weighted by Gasteiger charge is -2.00. The minimum atomic E-state index is -3.80. The van der Waals surface area contributed by atoms with Gasteiger partial charge in [-0.05, 0) is 0 Å². The molecule has 66 valence electrons. The molecule has 0 aromatic rings. The molecule has 0 bridgehead atoms. The molecule has 0 radical (unpaired) electrons. The van der Waals surface area contributed by atoms with Crippen molar-refractivity contribution in [3.05, 3.63) is 0 Å². The van der Waals surface area contributed by atoms with E-state index in [-0.39, 0.29) is 13.2 Å². The van der Waals surface area contributed by atoms with Crippen LogP contribution in [0.15, 0.2) is 0 Å². The topological polar surface area (TPSA) is 112 Å². The summed E-state index contributed by atoms with van der Waals surface area (Å²) in [5, 5.41) is 0. The van der Waals surface area contributed by atoms with Crippen molar-refractivity contribution in [2.75, 3.05) is 18.9 Å². The number of hydrogen-bond acceptors (Lipinski definition) is 5. The lowest BCUT2D eigenvalue weighted by atomic mass is 10.8. The lowest BCUT2D eigenvalue weighted by molar-refractivity contribution is -0.115. The highest BCUT2D eigenvalue weighted by Gasteiger charge is 2.13. The van der Waals surface area contributed by atoms with Crippen LogP contribution in [0, 0.1) is 0 Å². The Kier molecular flexibility index (Phi) is 4.01. The van der Waals surface area contributed by atoms with Gasteiger partial charge in [0.05, 0.1) is 6.61 Å². The fourth-order valence-electron chi connectivity index (χ4n) is 0.391. The fourth-order valence-corrected chi connectivity index (χ4v) is 1.17. The summed E-state index contributed by atoms with van der Waals surface area (Å²) < 4.78 is 25.5. The van der Waals surface area contributed by atoms with Gasteiger partial charge in [0.1, 0.15) is 0 Å².